The number of halogens is 1. The van der Waals surface area contributed by atoms with Crippen molar-refractivity contribution in [2.45, 2.75) is 13.8 Å². The highest BCUT2D eigenvalue weighted by molar-refractivity contribution is 7.89. The Morgan fingerprint density at radius 2 is 1.89 bits per heavy atom. The number of carbonyl (C=O) groups is 1. The highest BCUT2D eigenvalue weighted by atomic mass is 35.5. The maximum absolute atomic E-state index is 11.5. The number of nitro groups is 1. The number of benzene rings is 1. The lowest BCUT2D eigenvalue weighted by molar-refractivity contribution is -0.385. The quantitative estimate of drug-likeness (QED) is 0.678. The number of rotatable bonds is 3. The molecule has 106 valence electrons. The molecule has 1 rings (SSSR count). The van der Waals surface area contributed by atoms with Crippen molar-refractivity contribution >= 4 is 33.2 Å². The van der Waals surface area contributed by atoms with Crippen LogP contribution < -0.4 is 4.72 Å². The first-order valence-electron chi connectivity index (χ1n) is 5.17. The van der Waals surface area contributed by atoms with E-state index in [2.05, 4.69) is 0 Å². The number of nitrogens with zero attached hydrogens (tertiary/aromatic N) is 1. The lowest BCUT2D eigenvalue weighted by Crippen LogP contribution is -2.29. The van der Waals surface area contributed by atoms with Gasteiger partial charge in [0.1, 0.15) is 5.56 Å². The molecule has 0 unspecified atom stereocenters. The van der Waals surface area contributed by atoms with Crippen LogP contribution in [0, 0.1) is 10.1 Å². The molecule has 7 nitrogen and oxygen atoms in total. The zero-order chi connectivity index (χ0) is 15.2. The summed E-state index contributed by atoms with van der Waals surface area (Å²) < 4.78 is 23.3. The zero-order valence-corrected chi connectivity index (χ0v) is 12.1. The van der Waals surface area contributed by atoms with Crippen molar-refractivity contribution in [3.05, 3.63) is 38.9 Å². The minimum Gasteiger partial charge on any atom is -0.268 e. The van der Waals surface area contributed by atoms with Crippen molar-refractivity contribution in [2.24, 2.45) is 0 Å². The van der Waals surface area contributed by atoms with Crippen LogP contribution in [0.15, 0.2) is 18.2 Å². The largest absolute Gasteiger partial charge is 0.283 e. The van der Waals surface area contributed by atoms with E-state index in [4.69, 9.17) is 11.6 Å². The molecule has 0 fully saturated rings. The molecule has 0 radical (unpaired) electrons. The van der Waals surface area contributed by atoms with E-state index in [9.17, 15) is 23.3 Å². The molecule has 1 aromatic rings. The average Bonchev–Trinajstić information content (AvgIpc) is 2.29. The van der Waals surface area contributed by atoms with Gasteiger partial charge in [0.15, 0.2) is 0 Å². The first kappa shape index (κ1) is 17.3. The van der Waals surface area contributed by atoms with E-state index in [0.717, 1.165) is 18.4 Å². The van der Waals surface area contributed by atoms with Gasteiger partial charge < -0.3 is 0 Å². The maximum Gasteiger partial charge on any atom is 0.283 e. The molecule has 0 heterocycles. The number of hydrogen-bond acceptors (Lipinski definition) is 5. The highest BCUT2D eigenvalue weighted by Gasteiger charge is 2.22. The second-order valence-electron chi connectivity index (χ2n) is 3.12. The van der Waals surface area contributed by atoms with Gasteiger partial charge in [-0.15, -0.1) is 0 Å². The Hall–Kier alpha value is -1.67. The molecule has 1 N–H and O–H groups in total. The second-order valence-corrected chi connectivity index (χ2v) is 5.31. The van der Waals surface area contributed by atoms with Crippen LogP contribution in [0.4, 0.5) is 5.69 Å². The summed E-state index contributed by atoms with van der Waals surface area (Å²) in [4.78, 5) is 21.3. The summed E-state index contributed by atoms with van der Waals surface area (Å²) in [6.45, 7) is 4.00. The molecule has 0 aliphatic heterocycles. The van der Waals surface area contributed by atoms with Gasteiger partial charge in [-0.25, -0.2) is 13.1 Å². The molecule has 19 heavy (non-hydrogen) atoms. The summed E-state index contributed by atoms with van der Waals surface area (Å²) in [6, 6.07) is 3.31. The Morgan fingerprint density at radius 1 is 1.37 bits per heavy atom. The third-order valence-electron chi connectivity index (χ3n) is 1.68. The molecule has 0 atom stereocenters. The average molecular weight is 309 g/mol. The molecule has 9 heteroatoms. The molecule has 0 bridgehead atoms. The molecule has 0 aliphatic rings. The molecular weight excluding hydrogens is 296 g/mol. The maximum atomic E-state index is 11.5. The molecule has 0 saturated carbocycles. The number of carbonyl (C=O) groups excluding carboxylic acids is 1. The molecule has 0 aliphatic carbocycles. The van der Waals surface area contributed by atoms with Gasteiger partial charge in [-0.05, 0) is 12.1 Å². The van der Waals surface area contributed by atoms with Crippen molar-refractivity contribution < 1.29 is 18.1 Å². The summed E-state index contributed by atoms with van der Waals surface area (Å²) in [5, 5.41) is 10.7. The lowest BCUT2D eigenvalue weighted by atomic mass is 10.2. The first-order chi connectivity index (χ1) is 8.70. The normalized spacial score (nSPS) is 10.1. The van der Waals surface area contributed by atoms with E-state index in [-0.39, 0.29) is 10.6 Å². The van der Waals surface area contributed by atoms with Crippen molar-refractivity contribution in [3.63, 3.8) is 0 Å². The first-order valence-corrected chi connectivity index (χ1v) is 7.43. The third-order valence-corrected chi connectivity index (χ3v) is 2.47. The Balaban J connectivity index is 0.00000154. The fraction of sp³-hybridized carbons (Fsp3) is 0.300. The second kappa shape index (κ2) is 7.05. The third kappa shape index (κ3) is 5.66. The van der Waals surface area contributed by atoms with Crippen molar-refractivity contribution in [1.29, 1.82) is 0 Å². The predicted octanol–water partition coefficient (Wildman–Crippen LogP) is 1.96. The molecule has 1 aromatic carbocycles. The van der Waals surface area contributed by atoms with Crippen LogP contribution >= 0.6 is 11.6 Å². The molecule has 0 spiro atoms. The summed E-state index contributed by atoms with van der Waals surface area (Å²) in [5.74, 6) is -1.07. The summed E-state index contributed by atoms with van der Waals surface area (Å²) >= 11 is 5.54. The Morgan fingerprint density at radius 3 is 2.32 bits per heavy atom. The number of amides is 1. The number of hydrogen-bond donors (Lipinski definition) is 1. The summed E-state index contributed by atoms with van der Waals surface area (Å²) in [6.07, 6.45) is 0.770. The van der Waals surface area contributed by atoms with Crippen molar-refractivity contribution in [3.8, 4) is 0 Å². The van der Waals surface area contributed by atoms with Crippen LogP contribution in [0.1, 0.15) is 24.2 Å². The molecule has 0 aromatic heterocycles. The van der Waals surface area contributed by atoms with Crippen LogP contribution in [-0.2, 0) is 10.0 Å². The Kier molecular flexibility index (Phi) is 6.43. The van der Waals surface area contributed by atoms with Crippen LogP contribution in [0.25, 0.3) is 0 Å². The topological polar surface area (TPSA) is 106 Å². The summed E-state index contributed by atoms with van der Waals surface area (Å²) in [5.41, 5.74) is -0.927. The minimum atomic E-state index is -3.78. The van der Waals surface area contributed by atoms with Crippen LogP contribution in [0.5, 0.6) is 0 Å². The van der Waals surface area contributed by atoms with E-state index in [1.54, 1.807) is 4.72 Å². The van der Waals surface area contributed by atoms with Gasteiger partial charge in [0.25, 0.3) is 11.6 Å². The smallest absolute Gasteiger partial charge is 0.268 e. The highest BCUT2D eigenvalue weighted by Crippen LogP contribution is 2.23. The fourth-order valence-electron chi connectivity index (χ4n) is 1.07. The molecular formula is C10H13ClN2O5S. The van der Waals surface area contributed by atoms with Crippen LogP contribution in [0.2, 0.25) is 5.02 Å². The van der Waals surface area contributed by atoms with E-state index in [1.165, 1.54) is 6.07 Å². The minimum absolute atomic E-state index is 0.0765. The monoisotopic (exact) mass is 308 g/mol. The van der Waals surface area contributed by atoms with Gasteiger partial charge in [-0.2, -0.15) is 0 Å². The zero-order valence-electron chi connectivity index (χ0n) is 10.5. The van der Waals surface area contributed by atoms with Gasteiger partial charge in [-0.1, -0.05) is 25.4 Å². The Bertz CT molecular complexity index is 586. The summed E-state index contributed by atoms with van der Waals surface area (Å²) in [7, 11) is -3.78. The number of sulfonamides is 1. The van der Waals surface area contributed by atoms with Gasteiger partial charge in [0.2, 0.25) is 10.0 Å². The van der Waals surface area contributed by atoms with Crippen LogP contribution in [-0.4, -0.2) is 25.5 Å². The van der Waals surface area contributed by atoms with Gasteiger partial charge in [0, 0.05) is 11.1 Å². The van der Waals surface area contributed by atoms with E-state index >= 15 is 0 Å². The lowest BCUT2D eigenvalue weighted by Gasteiger charge is -2.03. The number of nitro benzene ring substituents is 1. The van der Waals surface area contributed by atoms with Gasteiger partial charge in [-0.3, -0.25) is 14.9 Å². The van der Waals surface area contributed by atoms with Gasteiger partial charge in [0.05, 0.1) is 11.2 Å². The number of nitrogens with one attached hydrogen (secondary N) is 1. The van der Waals surface area contributed by atoms with Crippen LogP contribution in [0.3, 0.4) is 0 Å². The van der Waals surface area contributed by atoms with Crippen molar-refractivity contribution in [1.82, 2.24) is 4.72 Å². The fourth-order valence-corrected chi connectivity index (χ4v) is 1.68. The molecule has 0 saturated heterocycles. The van der Waals surface area contributed by atoms with E-state index in [1.807, 2.05) is 13.8 Å². The standard InChI is InChI=1S/C8H7ClN2O5S.C2H6/c1-17(15,16)10-8(12)6-3-2-5(9)4-7(6)11(13)14;1-2/h2-4H,1H3,(H,10,12);1-2H3. The van der Waals surface area contributed by atoms with Crippen molar-refractivity contribution in [2.75, 3.05) is 6.26 Å². The predicted molar refractivity (Wildman–Crippen MR) is 71.8 cm³/mol. The van der Waals surface area contributed by atoms with Gasteiger partial charge >= 0.3 is 0 Å². The Labute approximate surface area is 115 Å². The van der Waals surface area contributed by atoms with E-state index in [0.29, 0.717) is 0 Å². The molecule has 1 amide bonds. The SMILES string of the molecule is CC.CS(=O)(=O)NC(=O)c1ccc(Cl)cc1[N+](=O)[O-]. The van der Waals surface area contributed by atoms with E-state index < -0.39 is 26.5 Å².